The molecule has 2 heterocycles. The van der Waals surface area contributed by atoms with Gasteiger partial charge in [0.15, 0.2) is 0 Å². The summed E-state index contributed by atoms with van der Waals surface area (Å²) in [5, 5.41) is 0.972. The molecule has 0 unspecified atom stereocenters. The number of morpholine rings is 1. The summed E-state index contributed by atoms with van der Waals surface area (Å²) in [6.45, 7) is 1.95. The van der Waals surface area contributed by atoms with Gasteiger partial charge in [-0.1, -0.05) is 36.4 Å². The molecule has 0 bridgehead atoms. The number of benzene rings is 2. The molecular formula is C28H33N3O4S. The SMILES string of the molecule is O=C(C1CCC(NS(=O)(=O)c2ccc3cc(-c4ccccc4)[nH]c3c2)CC1)N1CCOC[C@@H]1C1CC1. The van der Waals surface area contributed by atoms with E-state index in [4.69, 9.17) is 4.74 Å². The number of aromatic amines is 1. The van der Waals surface area contributed by atoms with Gasteiger partial charge < -0.3 is 14.6 Å². The van der Waals surface area contributed by atoms with E-state index in [0.717, 1.165) is 35.0 Å². The molecule has 190 valence electrons. The van der Waals surface area contributed by atoms with Crippen molar-refractivity contribution >= 4 is 26.8 Å². The van der Waals surface area contributed by atoms with Gasteiger partial charge >= 0.3 is 0 Å². The predicted molar refractivity (Wildman–Crippen MR) is 139 cm³/mol. The maximum absolute atomic E-state index is 13.3. The number of fused-ring (bicyclic) bond motifs is 1. The zero-order valence-corrected chi connectivity index (χ0v) is 21.2. The van der Waals surface area contributed by atoms with E-state index in [1.165, 1.54) is 12.8 Å². The number of ether oxygens (including phenoxy) is 1. The fraction of sp³-hybridized carbons (Fsp3) is 0.464. The number of amides is 1. The summed E-state index contributed by atoms with van der Waals surface area (Å²) in [6, 6.07) is 17.3. The number of sulfonamides is 1. The highest BCUT2D eigenvalue weighted by Gasteiger charge is 2.41. The average Bonchev–Trinajstić information content (AvgIpc) is 3.67. The van der Waals surface area contributed by atoms with Crippen LogP contribution in [0.2, 0.25) is 0 Å². The first-order chi connectivity index (χ1) is 17.5. The van der Waals surface area contributed by atoms with E-state index in [9.17, 15) is 13.2 Å². The first kappa shape index (κ1) is 23.7. The van der Waals surface area contributed by atoms with Crippen molar-refractivity contribution in [1.82, 2.24) is 14.6 Å². The number of H-pyrrole nitrogens is 1. The van der Waals surface area contributed by atoms with E-state index in [1.54, 1.807) is 12.1 Å². The van der Waals surface area contributed by atoms with Crippen LogP contribution in [-0.2, 0) is 19.6 Å². The molecule has 6 rings (SSSR count). The van der Waals surface area contributed by atoms with Crippen molar-refractivity contribution in [3.05, 3.63) is 54.6 Å². The number of rotatable bonds is 6. The van der Waals surface area contributed by atoms with Crippen LogP contribution < -0.4 is 4.72 Å². The molecule has 2 aliphatic carbocycles. The lowest BCUT2D eigenvalue weighted by Gasteiger charge is -2.39. The van der Waals surface area contributed by atoms with Crippen LogP contribution in [-0.4, -0.2) is 56.1 Å². The largest absolute Gasteiger partial charge is 0.377 e. The van der Waals surface area contributed by atoms with Gasteiger partial charge in [-0.25, -0.2) is 13.1 Å². The molecule has 3 aliphatic rings. The second-order valence-electron chi connectivity index (χ2n) is 10.5. The van der Waals surface area contributed by atoms with Crippen molar-refractivity contribution < 1.29 is 17.9 Å². The Hall–Kier alpha value is -2.68. The fourth-order valence-corrected chi connectivity index (χ4v) is 7.13. The maximum atomic E-state index is 13.3. The lowest BCUT2D eigenvalue weighted by atomic mass is 9.85. The lowest BCUT2D eigenvalue weighted by Crippen LogP contribution is -2.52. The first-order valence-electron chi connectivity index (χ1n) is 13.1. The fourth-order valence-electron chi connectivity index (χ4n) is 5.79. The predicted octanol–water partition coefficient (Wildman–Crippen LogP) is 4.31. The minimum absolute atomic E-state index is 0.0169. The Morgan fingerprint density at radius 1 is 0.972 bits per heavy atom. The van der Waals surface area contributed by atoms with Gasteiger partial charge in [-0.3, -0.25) is 4.79 Å². The van der Waals surface area contributed by atoms with Crippen LogP contribution in [0.25, 0.3) is 22.2 Å². The van der Waals surface area contributed by atoms with E-state index in [-0.39, 0.29) is 28.8 Å². The van der Waals surface area contributed by atoms with E-state index >= 15 is 0 Å². The van der Waals surface area contributed by atoms with E-state index in [2.05, 4.69) is 14.6 Å². The summed E-state index contributed by atoms with van der Waals surface area (Å²) in [5.41, 5.74) is 2.81. The Kier molecular flexibility index (Phi) is 6.35. The van der Waals surface area contributed by atoms with Crippen LogP contribution in [0.5, 0.6) is 0 Å². The normalized spacial score (nSPS) is 25.2. The number of carbonyl (C=O) groups is 1. The molecule has 2 N–H and O–H groups in total. The molecule has 7 nitrogen and oxygen atoms in total. The van der Waals surface area contributed by atoms with E-state index < -0.39 is 10.0 Å². The number of hydrogen-bond donors (Lipinski definition) is 2. The number of nitrogens with zero attached hydrogens (tertiary/aromatic N) is 1. The Morgan fingerprint density at radius 3 is 2.50 bits per heavy atom. The van der Waals surface area contributed by atoms with Crippen molar-refractivity contribution in [2.45, 2.75) is 55.5 Å². The highest BCUT2D eigenvalue weighted by atomic mass is 32.2. The summed E-state index contributed by atoms with van der Waals surface area (Å²) in [6.07, 6.45) is 5.17. The summed E-state index contributed by atoms with van der Waals surface area (Å²) in [7, 11) is -3.66. The topological polar surface area (TPSA) is 91.5 Å². The summed E-state index contributed by atoms with van der Waals surface area (Å²) < 4.78 is 34.9. The third-order valence-electron chi connectivity index (χ3n) is 8.00. The molecule has 1 amide bonds. The molecule has 8 heteroatoms. The summed E-state index contributed by atoms with van der Waals surface area (Å²) in [5.74, 6) is 0.817. The quantitative estimate of drug-likeness (QED) is 0.520. The minimum Gasteiger partial charge on any atom is -0.377 e. The maximum Gasteiger partial charge on any atom is 0.240 e. The highest BCUT2D eigenvalue weighted by molar-refractivity contribution is 7.89. The van der Waals surface area contributed by atoms with Crippen LogP contribution in [0.3, 0.4) is 0 Å². The number of nitrogens with one attached hydrogen (secondary N) is 2. The Morgan fingerprint density at radius 2 is 1.75 bits per heavy atom. The van der Waals surface area contributed by atoms with Crippen LogP contribution in [0.4, 0.5) is 0 Å². The Bertz CT molecular complexity index is 1340. The second-order valence-corrected chi connectivity index (χ2v) is 12.2. The number of aromatic nitrogens is 1. The summed E-state index contributed by atoms with van der Waals surface area (Å²) >= 11 is 0. The van der Waals surface area contributed by atoms with Gasteiger partial charge in [0.25, 0.3) is 0 Å². The molecule has 1 aromatic heterocycles. The van der Waals surface area contributed by atoms with Gasteiger partial charge in [0.2, 0.25) is 15.9 Å². The van der Waals surface area contributed by atoms with E-state index in [0.29, 0.717) is 38.5 Å². The van der Waals surface area contributed by atoms with Crippen molar-refractivity contribution in [2.75, 3.05) is 19.8 Å². The monoisotopic (exact) mass is 507 g/mol. The average molecular weight is 508 g/mol. The van der Waals surface area contributed by atoms with Crippen LogP contribution >= 0.6 is 0 Å². The van der Waals surface area contributed by atoms with Gasteiger partial charge in [-0.15, -0.1) is 0 Å². The van der Waals surface area contributed by atoms with Gasteiger partial charge in [0.05, 0.1) is 24.2 Å². The van der Waals surface area contributed by atoms with Crippen LogP contribution in [0.1, 0.15) is 38.5 Å². The molecule has 0 spiro atoms. The molecule has 0 radical (unpaired) electrons. The molecule has 36 heavy (non-hydrogen) atoms. The van der Waals surface area contributed by atoms with Crippen LogP contribution in [0.15, 0.2) is 59.5 Å². The summed E-state index contributed by atoms with van der Waals surface area (Å²) in [4.78, 5) is 18.9. The molecule has 3 fully saturated rings. The molecule has 1 aliphatic heterocycles. The molecule has 2 saturated carbocycles. The van der Waals surface area contributed by atoms with Crippen LogP contribution in [0, 0.1) is 11.8 Å². The van der Waals surface area contributed by atoms with Crippen molar-refractivity contribution in [3.63, 3.8) is 0 Å². The molecule has 1 saturated heterocycles. The Balaban J connectivity index is 1.10. The zero-order valence-electron chi connectivity index (χ0n) is 20.4. The lowest BCUT2D eigenvalue weighted by molar-refractivity contribution is -0.146. The standard InChI is InChI=1S/C28H33N3O4S/c32-28(31-14-15-35-18-27(31)20-6-7-20)21-8-11-23(12-9-21)30-36(33,34)24-13-10-22-16-25(29-26(22)17-24)19-4-2-1-3-5-19/h1-5,10,13,16-17,20-21,23,27,29-30H,6-9,11-12,14-15,18H2/t21?,23?,27-/m1/s1. The second kappa shape index (κ2) is 9.65. The third-order valence-corrected chi connectivity index (χ3v) is 9.52. The smallest absolute Gasteiger partial charge is 0.240 e. The van der Waals surface area contributed by atoms with Crippen molar-refractivity contribution in [3.8, 4) is 11.3 Å². The Labute approximate surface area is 212 Å². The van der Waals surface area contributed by atoms with Gasteiger partial charge in [-0.05, 0) is 68.2 Å². The number of carbonyl (C=O) groups excluding carboxylic acids is 1. The molecule has 1 atom stereocenters. The molecule has 2 aromatic carbocycles. The third kappa shape index (κ3) is 4.82. The van der Waals surface area contributed by atoms with Gasteiger partial charge in [0.1, 0.15) is 0 Å². The minimum atomic E-state index is -3.66. The van der Waals surface area contributed by atoms with Crippen molar-refractivity contribution in [2.24, 2.45) is 11.8 Å². The molecular weight excluding hydrogens is 474 g/mol. The highest BCUT2D eigenvalue weighted by Crippen LogP contribution is 2.38. The molecule has 3 aromatic rings. The zero-order chi connectivity index (χ0) is 24.7. The van der Waals surface area contributed by atoms with Gasteiger partial charge in [-0.2, -0.15) is 0 Å². The van der Waals surface area contributed by atoms with Gasteiger partial charge in [0, 0.05) is 35.1 Å². The van der Waals surface area contributed by atoms with Crippen molar-refractivity contribution in [1.29, 1.82) is 0 Å². The first-order valence-corrected chi connectivity index (χ1v) is 14.5. The number of hydrogen-bond acceptors (Lipinski definition) is 4. The van der Waals surface area contributed by atoms with E-state index in [1.807, 2.05) is 42.5 Å².